The van der Waals surface area contributed by atoms with E-state index in [1.807, 2.05) is 11.8 Å². The highest BCUT2D eigenvalue weighted by Crippen LogP contribution is 2.37. The first-order valence-electron chi connectivity index (χ1n) is 7.81. The summed E-state index contributed by atoms with van der Waals surface area (Å²) >= 11 is 1.99. The predicted octanol–water partition coefficient (Wildman–Crippen LogP) is 3.23. The lowest BCUT2D eigenvalue weighted by molar-refractivity contribution is 0.100. The van der Waals surface area contributed by atoms with Gasteiger partial charge in [-0.15, -0.1) is 11.8 Å². The minimum absolute atomic E-state index is 0.0208. The van der Waals surface area contributed by atoms with E-state index in [1.165, 1.54) is 23.3 Å². The molecule has 0 aromatic heterocycles. The van der Waals surface area contributed by atoms with E-state index < -0.39 is 0 Å². The van der Waals surface area contributed by atoms with Crippen LogP contribution in [0.5, 0.6) is 0 Å². The summed E-state index contributed by atoms with van der Waals surface area (Å²) in [5.74, 6) is 0.733. The summed E-state index contributed by atoms with van der Waals surface area (Å²) in [6.45, 7) is 3.60. The molecule has 2 N–H and O–H groups in total. The topological polar surface area (TPSA) is 32.3 Å². The molecule has 1 aromatic rings. The largest absolute Gasteiger partial charge is 0.394 e. The van der Waals surface area contributed by atoms with Crippen molar-refractivity contribution in [1.82, 2.24) is 5.32 Å². The Hall–Kier alpha value is -0.510. The Morgan fingerprint density at radius 3 is 3.00 bits per heavy atom. The number of thioether (sulfide) groups is 1. The Labute approximate surface area is 126 Å². The molecule has 0 bridgehead atoms. The molecule has 1 aliphatic heterocycles. The number of aliphatic hydroxyl groups is 1. The Balaban J connectivity index is 1.57. The van der Waals surface area contributed by atoms with Crippen LogP contribution in [0.4, 0.5) is 0 Å². The van der Waals surface area contributed by atoms with E-state index in [2.05, 4.69) is 36.5 Å². The smallest absolute Gasteiger partial charge is 0.0613 e. The zero-order valence-corrected chi connectivity index (χ0v) is 13.1. The fourth-order valence-electron chi connectivity index (χ4n) is 3.72. The number of nitrogens with one attached hydrogen (secondary N) is 1. The molecule has 0 saturated heterocycles. The number of hydrogen-bond acceptors (Lipinski definition) is 3. The van der Waals surface area contributed by atoms with E-state index >= 15 is 0 Å². The van der Waals surface area contributed by atoms with Crippen LogP contribution in [0.1, 0.15) is 38.2 Å². The highest BCUT2D eigenvalue weighted by Gasteiger charge is 2.35. The number of rotatable bonds is 4. The SMILES string of the molecule is CC1CCCC(CO)(NCC2Cc3ccccc3S2)C1. The van der Waals surface area contributed by atoms with Crippen molar-refractivity contribution >= 4 is 11.8 Å². The van der Waals surface area contributed by atoms with Gasteiger partial charge in [0, 0.05) is 22.2 Å². The molecule has 3 heteroatoms. The van der Waals surface area contributed by atoms with Crippen molar-refractivity contribution in [3.63, 3.8) is 0 Å². The predicted molar refractivity (Wildman–Crippen MR) is 85.2 cm³/mol. The van der Waals surface area contributed by atoms with Crippen LogP contribution in [0.3, 0.4) is 0 Å². The lowest BCUT2D eigenvalue weighted by Crippen LogP contribution is -2.53. The molecular formula is C17H25NOS. The Bertz CT molecular complexity index is 439. The summed E-state index contributed by atoms with van der Waals surface area (Å²) in [5.41, 5.74) is 1.46. The van der Waals surface area contributed by atoms with Gasteiger partial charge in [0.25, 0.3) is 0 Å². The van der Waals surface area contributed by atoms with Gasteiger partial charge in [0.05, 0.1) is 6.61 Å². The van der Waals surface area contributed by atoms with Crippen LogP contribution in [0.2, 0.25) is 0 Å². The highest BCUT2D eigenvalue weighted by molar-refractivity contribution is 8.00. The minimum atomic E-state index is -0.0208. The van der Waals surface area contributed by atoms with Crippen LogP contribution in [-0.2, 0) is 6.42 Å². The minimum Gasteiger partial charge on any atom is -0.394 e. The molecule has 0 amide bonds. The van der Waals surface area contributed by atoms with Gasteiger partial charge in [-0.25, -0.2) is 0 Å². The highest BCUT2D eigenvalue weighted by atomic mass is 32.2. The van der Waals surface area contributed by atoms with Gasteiger partial charge >= 0.3 is 0 Å². The summed E-state index contributed by atoms with van der Waals surface area (Å²) in [4.78, 5) is 1.44. The Kier molecular flexibility index (Phi) is 4.39. The second-order valence-corrected chi connectivity index (χ2v) is 7.91. The fourth-order valence-corrected chi connectivity index (χ4v) is 4.97. The second-order valence-electron chi connectivity index (χ2n) is 6.57. The molecule has 2 aliphatic rings. The summed E-state index contributed by atoms with van der Waals surface area (Å²) in [7, 11) is 0. The van der Waals surface area contributed by atoms with Gasteiger partial charge in [-0.1, -0.05) is 38.0 Å². The molecule has 3 unspecified atom stereocenters. The molecule has 0 radical (unpaired) electrons. The Morgan fingerprint density at radius 2 is 2.25 bits per heavy atom. The zero-order chi connectivity index (χ0) is 14.0. The van der Waals surface area contributed by atoms with Gasteiger partial charge in [0.15, 0.2) is 0 Å². The lowest BCUT2D eigenvalue weighted by Gasteiger charge is -2.40. The standard InChI is InChI=1S/C17H25NOS/c1-13-5-4-8-17(10-13,12-19)18-11-15-9-14-6-2-3-7-16(14)20-15/h2-3,6-7,13,15,18-19H,4-5,8-12H2,1H3. The molecule has 110 valence electrons. The molecule has 0 spiro atoms. The molecule has 1 saturated carbocycles. The molecule has 1 aromatic carbocycles. The van der Waals surface area contributed by atoms with Crippen molar-refractivity contribution < 1.29 is 5.11 Å². The van der Waals surface area contributed by atoms with Crippen molar-refractivity contribution in [2.24, 2.45) is 5.92 Å². The van der Waals surface area contributed by atoms with Crippen molar-refractivity contribution in [2.45, 2.75) is 54.7 Å². The number of aliphatic hydroxyl groups excluding tert-OH is 1. The van der Waals surface area contributed by atoms with Gasteiger partial charge in [0.2, 0.25) is 0 Å². The van der Waals surface area contributed by atoms with Gasteiger partial charge in [-0.2, -0.15) is 0 Å². The molecule has 3 rings (SSSR count). The number of benzene rings is 1. The van der Waals surface area contributed by atoms with E-state index in [9.17, 15) is 5.11 Å². The average Bonchev–Trinajstić information content (AvgIpc) is 2.88. The van der Waals surface area contributed by atoms with E-state index in [1.54, 1.807) is 0 Å². The molecule has 1 heterocycles. The van der Waals surface area contributed by atoms with E-state index in [-0.39, 0.29) is 12.1 Å². The van der Waals surface area contributed by atoms with Gasteiger partial charge in [-0.3, -0.25) is 0 Å². The Morgan fingerprint density at radius 1 is 1.40 bits per heavy atom. The molecular weight excluding hydrogens is 266 g/mol. The summed E-state index contributed by atoms with van der Waals surface area (Å²) in [6.07, 6.45) is 5.96. The zero-order valence-electron chi connectivity index (χ0n) is 12.3. The van der Waals surface area contributed by atoms with Crippen LogP contribution >= 0.6 is 11.8 Å². The van der Waals surface area contributed by atoms with Crippen molar-refractivity contribution in [2.75, 3.05) is 13.2 Å². The summed E-state index contributed by atoms with van der Waals surface area (Å²) < 4.78 is 0. The van der Waals surface area contributed by atoms with E-state index in [0.717, 1.165) is 31.7 Å². The molecule has 3 atom stereocenters. The third-order valence-corrected chi connectivity index (χ3v) is 6.13. The molecule has 20 heavy (non-hydrogen) atoms. The first kappa shape index (κ1) is 14.4. The normalized spacial score (nSPS) is 33.1. The number of fused-ring (bicyclic) bond motifs is 1. The lowest BCUT2D eigenvalue weighted by atomic mass is 9.77. The van der Waals surface area contributed by atoms with Crippen LogP contribution in [-0.4, -0.2) is 29.0 Å². The molecule has 2 nitrogen and oxygen atoms in total. The summed E-state index contributed by atoms with van der Waals surface area (Å²) in [5, 5.41) is 14.2. The van der Waals surface area contributed by atoms with Gasteiger partial charge in [0.1, 0.15) is 0 Å². The molecule has 1 fully saturated rings. The van der Waals surface area contributed by atoms with E-state index in [4.69, 9.17) is 0 Å². The van der Waals surface area contributed by atoms with E-state index in [0.29, 0.717) is 5.25 Å². The third-order valence-electron chi connectivity index (χ3n) is 4.81. The monoisotopic (exact) mass is 291 g/mol. The van der Waals surface area contributed by atoms with Crippen LogP contribution in [0.25, 0.3) is 0 Å². The van der Waals surface area contributed by atoms with Crippen molar-refractivity contribution in [3.05, 3.63) is 29.8 Å². The quantitative estimate of drug-likeness (QED) is 0.893. The fraction of sp³-hybridized carbons (Fsp3) is 0.647. The summed E-state index contributed by atoms with van der Waals surface area (Å²) in [6, 6.07) is 8.73. The first-order chi connectivity index (χ1) is 9.71. The van der Waals surface area contributed by atoms with Crippen molar-refractivity contribution in [3.8, 4) is 0 Å². The van der Waals surface area contributed by atoms with Crippen LogP contribution in [0, 0.1) is 5.92 Å². The number of hydrogen-bond donors (Lipinski definition) is 2. The van der Waals surface area contributed by atoms with Crippen molar-refractivity contribution in [1.29, 1.82) is 0 Å². The van der Waals surface area contributed by atoms with Gasteiger partial charge in [-0.05, 0) is 36.8 Å². The molecule has 1 aliphatic carbocycles. The van der Waals surface area contributed by atoms with Crippen LogP contribution in [0.15, 0.2) is 29.2 Å². The average molecular weight is 291 g/mol. The van der Waals surface area contributed by atoms with Crippen LogP contribution < -0.4 is 5.32 Å². The maximum Gasteiger partial charge on any atom is 0.0613 e. The first-order valence-corrected chi connectivity index (χ1v) is 8.69. The van der Waals surface area contributed by atoms with Gasteiger partial charge < -0.3 is 10.4 Å². The second kappa shape index (κ2) is 6.08. The third kappa shape index (κ3) is 3.05. The maximum absolute atomic E-state index is 9.84. The maximum atomic E-state index is 9.84.